The number of nitrogens with two attached hydrogens (primary N) is 1. The van der Waals surface area contributed by atoms with E-state index in [1.165, 1.54) is 0 Å². The minimum absolute atomic E-state index is 0.398. The molecule has 3 rings (SSSR count). The van der Waals surface area contributed by atoms with Gasteiger partial charge in [-0.1, -0.05) is 0 Å². The predicted molar refractivity (Wildman–Crippen MR) is 111 cm³/mol. The Kier molecular flexibility index (Phi) is 9.05. The number of aliphatic hydroxyl groups excluding tert-OH is 5. The summed E-state index contributed by atoms with van der Waals surface area (Å²) in [5.74, 6) is 0. The summed E-state index contributed by atoms with van der Waals surface area (Å²) in [6.07, 6.45) is -14.8. The Balaban J connectivity index is 1.61. The van der Waals surface area contributed by atoms with E-state index in [-0.39, 0.29) is 0 Å². The molecule has 1 aromatic rings. The summed E-state index contributed by atoms with van der Waals surface area (Å²) in [4.78, 5) is 44.6. The van der Waals surface area contributed by atoms with E-state index in [4.69, 9.17) is 15.2 Å². The standard InChI is InChI=1S/C15H25N3O16P2/c16-3-5-8(20)10(22)12(24)14(32-5)33-36(28,29)34-35(26,27)30-4-6-9(21)11(23)13(31-6)18-2-1-7(19)17-15(18)25/h1-2,5-6,8-14,20-24H,3-4,16H2,(H,26,27)(H,28,29)(H,17,19,25)/t5?,6?,8-,9+,10-,11+,12?,13?,14+/m0/s1. The molecule has 19 nitrogen and oxygen atoms in total. The smallest absolute Gasteiger partial charge is 0.388 e. The van der Waals surface area contributed by atoms with Gasteiger partial charge in [0, 0.05) is 18.8 Å². The summed E-state index contributed by atoms with van der Waals surface area (Å²) in [5, 5.41) is 49.6. The minimum Gasteiger partial charge on any atom is -0.388 e. The van der Waals surface area contributed by atoms with Gasteiger partial charge < -0.3 is 50.5 Å². The fourth-order valence-electron chi connectivity index (χ4n) is 3.39. The Hall–Kier alpha value is -1.38. The molecule has 3 heterocycles. The molecule has 6 unspecified atom stereocenters. The van der Waals surface area contributed by atoms with Gasteiger partial charge in [-0.3, -0.25) is 23.4 Å². The molecule has 2 aliphatic heterocycles. The number of hydrogen-bond acceptors (Lipinski definition) is 15. The van der Waals surface area contributed by atoms with Crippen LogP contribution in [-0.4, -0.2) is 107 Å². The number of ether oxygens (including phenoxy) is 2. The van der Waals surface area contributed by atoms with E-state index in [1.807, 2.05) is 4.98 Å². The number of aliphatic hydroxyl groups is 5. The maximum absolute atomic E-state index is 12.2. The molecular weight excluding hydrogens is 540 g/mol. The van der Waals surface area contributed by atoms with Gasteiger partial charge in [0.25, 0.3) is 5.56 Å². The molecule has 2 saturated heterocycles. The monoisotopic (exact) mass is 565 g/mol. The van der Waals surface area contributed by atoms with Crippen molar-refractivity contribution in [3.8, 4) is 0 Å². The van der Waals surface area contributed by atoms with E-state index < -0.39 is 95.3 Å². The molecule has 10 N–H and O–H groups in total. The van der Waals surface area contributed by atoms with Crippen molar-refractivity contribution in [3.05, 3.63) is 33.1 Å². The van der Waals surface area contributed by atoms with Gasteiger partial charge >= 0.3 is 21.3 Å². The van der Waals surface area contributed by atoms with Crippen molar-refractivity contribution in [1.29, 1.82) is 0 Å². The highest BCUT2D eigenvalue weighted by atomic mass is 31.3. The fraction of sp³-hybridized carbons (Fsp3) is 0.733. The van der Waals surface area contributed by atoms with Gasteiger partial charge in [0.2, 0.25) is 0 Å². The molecule has 0 bridgehead atoms. The predicted octanol–water partition coefficient (Wildman–Crippen LogP) is -4.83. The lowest BCUT2D eigenvalue weighted by Crippen LogP contribution is -2.59. The molecule has 0 radical (unpaired) electrons. The van der Waals surface area contributed by atoms with Crippen LogP contribution in [-0.2, 0) is 32.0 Å². The summed E-state index contributed by atoms with van der Waals surface area (Å²) in [6.45, 7) is -1.41. The molecule has 0 amide bonds. The van der Waals surface area contributed by atoms with Crippen LogP contribution < -0.4 is 17.0 Å². The Bertz CT molecular complexity index is 1130. The first-order valence-corrected chi connectivity index (χ1v) is 13.1. The molecule has 206 valence electrons. The Morgan fingerprint density at radius 1 is 0.944 bits per heavy atom. The van der Waals surface area contributed by atoms with Crippen molar-refractivity contribution >= 4 is 15.6 Å². The van der Waals surface area contributed by atoms with E-state index in [2.05, 4.69) is 13.4 Å². The van der Waals surface area contributed by atoms with Gasteiger partial charge in [0.05, 0.1) is 6.61 Å². The third-order valence-corrected chi connectivity index (χ3v) is 7.81. The number of nitrogens with one attached hydrogen (secondary N) is 1. The molecule has 36 heavy (non-hydrogen) atoms. The van der Waals surface area contributed by atoms with Crippen LogP contribution in [0.5, 0.6) is 0 Å². The Morgan fingerprint density at radius 3 is 2.19 bits per heavy atom. The molecule has 0 aromatic carbocycles. The average molecular weight is 565 g/mol. The van der Waals surface area contributed by atoms with Gasteiger partial charge in [-0.15, -0.1) is 0 Å². The third kappa shape index (κ3) is 6.54. The van der Waals surface area contributed by atoms with Crippen molar-refractivity contribution in [2.24, 2.45) is 5.73 Å². The van der Waals surface area contributed by atoms with E-state index in [0.717, 1.165) is 16.8 Å². The molecule has 11 atom stereocenters. The van der Waals surface area contributed by atoms with Gasteiger partial charge in [-0.05, 0) is 0 Å². The quantitative estimate of drug-likeness (QED) is 0.127. The normalized spacial score (nSPS) is 38.4. The Morgan fingerprint density at radius 2 is 1.58 bits per heavy atom. The van der Waals surface area contributed by atoms with Crippen molar-refractivity contribution < 1.29 is 67.3 Å². The first kappa shape index (κ1) is 29.2. The molecule has 0 aliphatic carbocycles. The van der Waals surface area contributed by atoms with Crippen molar-refractivity contribution in [2.75, 3.05) is 13.2 Å². The van der Waals surface area contributed by atoms with Crippen LogP contribution in [0.3, 0.4) is 0 Å². The lowest BCUT2D eigenvalue weighted by atomic mass is 9.99. The zero-order valence-electron chi connectivity index (χ0n) is 18.0. The number of rotatable bonds is 9. The number of H-pyrrole nitrogens is 1. The molecule has 1 aromatic heterocycles. The zero-order valence-corrected chi connectivity index (χ0v) is 19.8. The number of aromatic nitrogens is 2. The minimum atomic E-state index is -5.55. The van der Waals surface area contributed by atoms with E-state index in [1.54, 1.807) is 0 Å². The van der Waals surface area contributed by atoms with Crippen LogP contribution in [0.2, 0.25) is 0 Å². The summed E-state index contributed by atoms with van der Waals surface area (Å²) >= 11 is 0. The molecule has 0 saturated carbocycles. The van der Waals surface area contributed by atoms with Crippen LogP contribution in [0.1, 0.15) is 6.23 Å². The molecule has 0 spiro atoms. The zero-order chi connectivity index (χ0) is 27.0. The third-order valence-electron chi connectivity index (χ3n) is 5.21. The van der Waals surface area contributed by atoms with Crippen molar-refractivity contribution in [3.63, 3.8) is 0 Å². The summed E-state index contributed by atoms with van der Waals surface area (Å²) in [5.41, 5.74) is 3.59. The van der Waals surface area contributed by atoms with Gasteiger partial charge in [0.15, 0.2) is 12.5 Å². The van der Waals surface area contributed by atoms with Crippen LogP contribution in [0.25, 0.3) is 0 Å². The highest BCUT2D eigenvalue weighted by molar-refractivity contribution is 7.61. The second kappa shape index (κ2) is 11.2. The summed E-state index contributed by atoms with van der Waals surface area (Å²) < 4.78 is 48.4. The number of hydrogen-bond donors (Lipinski definition) is 9. The lowest BCUT2D eigenvalue weighted by Gasteiger charge is -2.39. The molecule has 2 aliphatic rings. The summed E-state index contributed by atoms with van der Waals surface area (Å²) in [6, 6.07) is 0.935. The topological polar surface area (TPSA) is 303 Å². The van der Waals surface area contributed by atoms with Crippen LogP contribution in [0, 0.1) is 0 Å². The van der Waals surface area contributed by atoms with Crippen LogP contribution in [0.15, 0.2) is 21.9 Å². The first-order chi connectivity index (χ1) is 16.7. The fourth-order valence-corrected chi connectivity index (χ4v) is 5.55. The number of phosphoric ester groups is 2. The van der Waals surface area contributed by atoms with Crippen LogP contribution >= 0.6 is 15.6 Å². The molecule has 2 fully saturated rings. The largest absolute Gasteiger partial charge is 0.483 e. The summed E-state index contributed by atoms with van der Waals surface area (Å²) in [7, 11) is -11.0. The lowest BCUT2D eigenvalue weighted by molar-refractivity contribution is -0.273. The SMILES string of the molecule is NCC1O[C@H](OP(=O)(O)OP(=O)(O)OCC2OC(n3ccc(=O)[nH]c3=O)[C@H](O)[C@@H]2O)C(O)[C@@H](O)[C@H]1O. The van der Waals surface area contributed by atoms with Crippen LogP contribution in [0.4, 0.5) is 0 Å². The van der Waals surface area contributed by atoms with Gasteiger partial charge in [-0.2, -0.15) is 4.31 Å². The maximum Gasteiger partial charge on any atom is 0.483 e. The first-order valence-electron chi connectivity index (χ1n) is 10.1. The number of phosphoric acid groups is 2. The van der Waals surface area contributed by atoms with E-state index in [0.29, 0.717) is 0 Å². The highest BCUT2D eigenvalue weighted by Gasteiger charge is 2.49. The number of nitrogens with zero attached hydrogens (tertiary/aromatic N) is 1. The van der Waals surface area contributed by atoms with E-state index in [9.17, 15) is 54.0 Å². The van der Waals surface area contributed by atoms with Gasteiger partial charge in [0.1, 0.15) is 42.7 Å². The maximum atomic E-state index is 12.2. The number of aromatic amines is 1. The van der Waals surface area contributed by atoms with Crippen molar-refractivity contribution in [1.82, 2.24) is 9.55 Å². The second-order valence-electron chi connectivity index (χ2n) is 7.73. The van der Waals surface area contributed by atoms with Crippen molar-refractivity contribution in [2.45, 2.75) is 55.2 Å². The van der Waals surface area contributed by atoms with E-state index >= 15 is 0 Å². The molecule has 21 heteroatoms. The average Bonchev–Trinajstić information content (AvgIpc) is 3.06. The second-order valence-corrected chi connectivity index (χ2v) is 10.7. The highest BCUT2D eigenvalue weighted by Crippen LogP contribution is 2.61. The molecular formula is C15H25N3O16P2. The van der Waals surface area contributed by atoms with Gasteiger partial charge in [-0.25, -0.2) is 13.9 Å². The Labute approximate surface area is 200 Å².